The summed E-state index contributed by atoms with van der Waals surface area (Å²) in [4.78, 5) is 33.5. The van der Waals surface area contributed by atoms with Gasteiger partial charge in [-0.25, -0.2) is 0 Å². The maximum atomic E-state index is 11.0. The molecule has 1 aliphatic carbocycles. The first kappa shape index (κ1) is 11.4. The highest BCUT2D eigenvalue weighted by Crippen LogP contribution is 2.78. The minimum absolute atomic E-state index is 0.108. The summed E-state index contributed by atoms with van der Waals surface area (Å²) in [6.45, 7) is 1.45. The van der Waals surface area contributed by atoms with E-state index in [1.165, 1.54) is 6.92 Å². The van der Waals surface area contributed by atoms with Gasteiger partial charge in [0.2, 0.25) is 0 Å². The molecule has 0 amide bonds. The van der Waals surface area contributed by atoms with Gasteiger partial charge >= 0.3 is 15.2 Å². The number of hydrogen-bond acceptors (Lipinski definition) is 2. The van der Waals surface area contributed by atoms with Crippen LogP contribution in [0.4, 0.5) is 0 Å². The van der Waals surface area contributed by atoms with Crippen LogP contribution in [0.2, 0.25) is 0 Å². The molecular weight excluding hydrogens is 218 g/mol. The van der Waals surface area contributed by atoms with Crippen LogP contribution in [-0.2, 0) is 9.13 Å². The summed E-state index contributed by atoms with van der Waals surface area (Å²) in [5.74, 6) is -0.630. The molecule has 0 bridgehead atoms. The Hall–Kier alpha value is 0.300. The molecule has 8 heteroatoms. The fourth-order valence-corrected chi connectivity index (χ4v) is 5.33. The monoisotopic (exact) mass is 230 g/mol. The second-order valence-corrected chi connectivity index (χ2v) is 7.53. The molecule has 0 aromatic heterocycles. The van der Waals surface area contributed by atoms with Gasteiger partial charge in [-0.2, -0.15) is 0 Å². The van der Waals surface area contributed by atoms with E-state index in [9.17, 15) is 9.13 Å². The highest BCUT2D eigenvalue weighted by atomic mass is 31.2. The highest BCUT2D eigenvalue weighted by molar-refractivity contribution is 7.72. The lowest BCUT2D eigenvalue weighted by molar-refractivity contribution is 0.201. The van der Waals surface area contributed by atoms with Crippen molar-refractivity contribution in [2.75, 3.05) is 0 Å². The van der Waals surface area contributed by atoms with E-state index in [2.05, 4.69) is 0 Å². The molecule has 1 saturated carbocycles. The molecule has 13 heavy (non-hydrogen) atoms. The number of rotatable bonds is 2. The quantitative estimate of drug-likeness (QED) is 0.512. The van der Waals surface area contributed by atoms with Gasteiger partial charge < -0.3 is 19.6 Å². The third-order valence-corrected chi connectivity index (χ3v) is 7.65. The molecule has 0 spiro atoms. The van der Waals surface area contributed by atoms with Crippen molar-refractivity contribution < 1.29 is 28.7 Å². The van der Waals surface area contributed by atoms with E-state index in [1.807, 2.05) is 0 Å². The first-order valence-corrected chi connectivity index (χ1v) is 6.96. The summed E-state index contributed by atoms with van der Waals surface area (Å²) >= 11 is 0. The molecule has 4 N–H and O–H groups in total. The Kier molecular flexibility index (Phi) is 2.53. The van der Waals surface area contributed by atoms with Gasteiger partial charge in [-0.15, -0.1) is 0 Å². The van der Waals surface area contributed by atoms with Crippen LogP contribution in [0.3, 0.4) is 0 Å². The summed E-state index contributed by atoms with van der Waals surface area (Å²) in [6, 6.07) is 0. The van der Waals surface area contributed by atoms with Crippen LogP contribution in [0.25, 0.3) is 0 Å². The molecule has 6 nitrogen and oxygen atoms in total. The smallest absolute Gasteiger partial charge is 0.324 e. The number of hydrogen-bond donors (Lipinski definition) is 4. The average molecular weight is 230 g/mol. The van der Waals surface area contributed by atoms with E-state index < -0.39 is 26.0 Å². The second kappa shape index (κ2) is 2.89. The van der Waals surface area contributed by atoms with Crippen molar-refractivity contribution in [3.8, 4) is 0 Å². The Morgan fingerprint density at radius 2 is 1.54 bits per heavy atom. The van der Waals surface area contributed by atoms with Crippen LogP contribution in [0.1, 0.15) is 19.8 Å². The Labute approximate surface area is 75.3 Å². The molecule has 1 unspecified atom stereocenters. The van der Waals surface area contributed by atoms with E-state index in [1.54, 1.807) is 0 Å². The third-order valence-electron chi connectivity index (χ3n) is 2.74. The fraction of sp³-hybridized carbons (Fsp3) is 1.00. The Bertz CT molecular complexity index is 278. The molecule has 78 valence electrons. The molecule has 0 saturated heterocycles. The largest absolute Gasteiger partial charge is 0.344 e. The van der Waals surface area contributed by atoms with Crippen molar-refractivity contribution in [3.05, 3.63) is 0 Å². The Morgan fingerprint density at radius 3 is 1.54 bits per heavy atom. The molecule has 0 aromatic carbocycles. The molecule has 0 heterocycles. The molecule has 1 aliphatic rings. The van der Waals surface area contributed by atoms with Gasteiger partial charge in [0, 0.05) is 0 Å². The van der Waals surface area contributed by atoms with Crippen molar-refractivity contribution in [1.29, 1.82) is 0 Å². The van der Waals surface area contributed by atoms with Crippen LogP contribution in [0, 0.1) is 5.92 Å². The first-order chi connectivity index (χ1) is 5.63. The van der Waals surface area contributed by atoms with Crippen molar-refractivity contribution >= 4 is 15.2 Å². The predicted molar refractivity (Wildman–Crippen MR) is 45.2 cm³/mol. The second-order valence-electron chi connectivity index (χ2n) is 3.41. The predicted octanol–water partition coefficient (Wildman–Crippen LogP) is 0.468. The highest BCUT2D eigenvalue weighted by Gasteiger charge is 2.67. The van der Waals surface area contributed by atoms with Crippen LogP contribution in [0.5, 0.6) is 0 Å². The van der Waals surface area contributed by atoms with Crippen molar-refractivity contribution in [2.24, 2.45) is 5.92 Å². The molecular formula is C5H12O6P2. The summed E-state index contributed by atoms with van der Waals surface area (Å²) in [7, 11) is -9.48. The summed E-state index contributed by atoms with van der Waals surface area (Å²) in [6.07, 6.45) is 0.332. The zero-order valence-electron chi connectivity index (χ0n) is 6.99. The lowest BCUT2D eigenvalue weighted by Gasteiger charge is -2.47. The Morgan fingerprint density at radius 1 is 1.15 bits per heavy atom. The summed E-state index contributed by atoms with van der Waals surface area (Å²) < 4.78 is 22.0. The maximum absolute atomic E-state index is 11.0. The average Bonchev–Trinajstić information content (AvgIpc) is 1.77. The lowest BCUT2D eigenvalue weighted by Crippen LogP contribution is -2.44. The van der Waals surface area contributed by atoms with Crippen molar-refractivity contribution in [1.82, 2.24) is 0 Å². The molecule has 0 aliphatic heterocycles. The SMILES string of the molecule is CC1CCC1(P(=O)(O)O)P(=O)(O)O. The van der Waals surface area contributed by atoms with E-state index in [0.29, 0.717) is 6.42 Å². The van der Waals surface area contributed by atoms with E-state index in [0.717, 1.165) is 0 Å². The van der Waals surface area contributed by atoms with Gasteiger partial charge in [-0.1, -0.05) is 6.92 Å². The van der Waals surface area contributed by atoms with E-state index in [-0.39, 0.29) is 6.42 Å². The van der Waals surface area contributed by atoms with E-state index >= 15 is 0 Å². The zero-order chi connectivity index (χ0) is 10.5. The van der Waals surface area contributed by atoms with Gasteiger partial charge in [0.15, 0.2) is 4.90 Å². The molecule has 0 aromatic rings. The van der Waals surface area contributed by atoms with Gasteiger partial charge in [-0.3, -0.25) is 9.13 Å². The minimum Gasteiger partial charge on any atom is -0.324 e. The standard InChI is InChI=1S/C5H12O6P2/c1-4-2-3-5(4,12(6,7)8)13(9,10)11/h4H,2-3H2,1H3,(H2,6,7,8)(H2,9,10,11). The van der Waals surface area contributed by atoms with Crippen LogP contribution < -0.4 is 0 Å². The van der Waals surface area contributed by atoms with Crippen LogP contribution >= 0.6 is 15.2 Å². The molecule has 1 atom stereocenters. The first-order valence-electron chi connectivity index (χ1n) is 3.74. The topological polar surface area (TPSA) is 115 Å². The minimum atomic E-state index is -4.74. The third kappa shape index (κ3) is 1.42. The summed E-state index contributed by atoms with van der Waals surface area (Å²) in [5.41, 5.74) is 0. The van der Waals surface area contributed by atoms with Gasteiger partial charge in [0.1, 0.15) is 0 Å². The van der Waals surface area contributed by atoms with Gasteiger partial charge in [0.25, 0.3) is 0 Å². The molecule has 0 radical (unpaired) electrons. The van der Waals surface area contributed by atoms with Gasteiger partial charge in [-0.05, 0) is 18.8 Å². The fourth-order valence-electron chi connectivity index (χ4n) is 1.73. The van der Waals surface area contributed by atoms with Gasteiger partial charge in [0.05, 0.1) is 0 Å². The summed E-state index contributed by atoms with van der Waals surface area (Å²) in [5, 5.41) is 0. The van der Waals surface area contributed by atoms with Crippen molar-refractivity contribution in [2.45, 2.75) is 24.7 Å². The van der Waals surface area contributed by atoms with Crippen molar-refractivity contribution in [3.63, 3.8) is 0 Å². The normalized spacial score (nSPS) is 28.2. The lowest BCUT2D eigenvalue weighted by atomic mass is 9.85. The zero-order valence-corrected chi connectivity index (χ0v) is 8.78. The van der Waals surface area contributed by atoms with Crippen LogP contribution in [0.15, 0.2) is 0 Å². The van der Waals surface area contributed by atoms with E-state index in [4.69, 9.17) is 19.6 Å². The molecule has 1 fully saturated rings. The maximum Gasteiger partial charge on any atom is 0.344 e. The molecule has 1 rings (SSSR count). The van der Waals surface area contributed by atoms with Crippen LogP contribution in [-0.4, -0.2) is 24.5 Å². The Balaban J connectivity index is 3.20.